The number of amides is 1. The Labute approximate surface area is 151 Å². The third-order valence-electron chi connectivity index (χ3n) is 4.51. The molecule has 25 heavy (non-hydrogen) atoms. The normalized spacial score (nSPS) is 15.4. The fraction of sp³-hybridized carbons (Fsp3) is 0.263. The van der Waals surface area contributed by atoms with Crippen LogP contribution in [0.1, 0.15) is 15.4 Å². The summed E-state index contributed by atoms with van der Waals surface area (Å²) in [4.78, 5) is 22.8. The van der Waals surface area contributed by atoms with Gasteiger partial charge in [0.15, 0.2) is 0 Å². The van der Waals surface area contributed by atoms with E-state index in [0.717, 1.165) is 38.4 Å². The Morgan fingerprint density at radius 1 is 1.04 bits per heavy atom. The zero-order valence-corrected chi connectivity index (χ0v) is 14.7. The van der Waals surface area contributed by atoms with Gasteiger partial charge in [-0.05, 0) is 23.6 Å². The van der Waals surface area contributed by atoms with Crippen LogP contribution in [0.15, 0.2) is 60.4 Å². The van der Waals surface area contributed by atoms with E-state index < -0.39 is 0 Å². The monoisotopic (exact) mass is 352 g/mol. The summed E-state index contributed by atoms with van der Waals surface area (Å²) in [7, 11) is 0. The molecule has 0 spiro atoms. The SMILES string of the molecule is O=C(c1cncn1-c1ccccc1)N1CCN(Cc2cccs2)CC1. The molecule has 128 valence electrons. The van der Waals surface area contributed by atoms with E-state index in [0.29, 0.717) is 5.69 Å². The zero-order valence-electron chi connectivity index (χ0n) is 13.9. The first-order chi connectivity index (χ1) is 12.3. The van der Waals surface area contributed by atoms with Gasteiger partial charge in [0.25, 0.3) is 5.91 Å². The van der Waals surface area contributed by atoms with Gasteiger partial charge in [-0.3, -0.25) is 14.3 Å². The molecule has 3 heterocycles. The zero-order chi connectivity index (χ0) is 17.1. The van der Waals surface area contributed by atoms with Crippen LogP contribution in [0.25, 0.3) is 5.69 Å². The van der Waals surface area contributed by atoms with Crippen molar-refractivity contribution in [3.8, 4) is 5.69 Å². The van der Waals surface area contributed by atoms with Crippen molar-refractivity contribution in [3.63, 3.8) is 0 Å². The Bertz CT molecular complexity index is 820. The lowest BCUT2D eigenvalue weighted by Crippen LogP contribution is -2.48. The van der Waals surface area contributed by atoms with Gasteiger partial charge >= 0.3 is 0 Å². The first kappa shape index (κ1) is 16.1. The molecule has 1 saturated heterocycles. The quantitative estimate of drug-likeness (QED) is 0.725. The number of carbonyl (C=O) groups is 1. The van der Waals surface area contributed by atoms with Crippen molar-refractivity contribution in [2.75, 3.05) is 26.2 Å². The van der Waals surface area contributed by atoms with Crippen molar-refractivity contribution in [3.05, 3.63) is 70.9 Å². The van der Waals surface area contributed by atoms with Gasteiger partial charge in [0.1, 0.15) is 5.69 Å². The number of hydrogen-bond acceptors (Lipinski definition) is 4. The van der Waals surface area contributed by atoms with Crippen molar-refractivity contribution < 1.29 is 4.79 Å². The van der Waals surface area contributed by atoms with E-state index in [1.165, 1.54) is 4.88 Å². The lowest BCUT2D eigenvalue weighted by Gasteiger charge is -2.34. The Balaban J connectivity index is 1.42. The smallest absolute Gasteiger partial charge is 0.272 e. The minimum atomic E-state index is 0.0529. The molecule has 1 amide bonds. The molecule has 1 aromatic carbocycles. The van der Waals surface area contributed by atoms with Crippen LogP contribution in [0.4, 0.5) is 0 Å². The summed E-state index contributed by atoms with van der Waals surface area (Å²) in [5.74, 6) is 0.0529. The van der Waals surface area contributed by atoms with Gasteiger partial charge in [-0.25, -0.2) is 4.98 Å². The highest BCUT2D eigenvalue weighted by Gasteiger charge is 2.24. The van der Waals surface area contributed by atoms with Crippen LogP contribution < -0.4 is 0 Å². The number of carbonyl (C=O) groups excluding carboxylic acids is 1. The van der Waals surface area contributed by atoms with Gasteiger partial charge in [0, 0.05) is 43.3 Å². The number of para-hydroxylation sites is 1. The summed E-state index contributed by atoms with van der Waals surface area (Å²) in [5, 5.41) is 2.11. The van der Waals surface area contributed by atoms with Crippen molar-refractivity contribution in [1.82, 2.24) is 19.4 Å². The minimum absolute atomic E-state index is 0.0529. The molecule has 0 aliphatic carbocycles. The second-order valence-electron chi connectivity index (χ2n) is 6.13. The summed E-state index contributed by atoms with van der Waals surface area (Å²) in [6.45, 7) is 4.29. The predicted molar refractivity (Wildman–Crippen MR) is 99.1 cm³/mol. The molecule has 5 nitrogen and oxygen atoms in total. The first-order valence-corrected chi connectivity index (χ1v) is 9.31. The van der Waals surface area contributed by atoms with Gasteiger partial charge in [-0.15, -0.1) is 11.3 Å². The molecule has 1 aliphatic heterocycles. The van der Waals surface area contributed by atoms with Crippen molar-refractivity contribution >= 4 is 17.2 Å². The van der Waals surface area contributed by atoms with Gasteiger partial charge in [0.05, 0.1) is 12.5 Å². The molecule has 2 aromatic heterocycles. The van der Waals surface area contributed by atoms with Crippen LogP contribution in [-0.4, -0.2) is 51.4 Å². The molecule has 0 unspecified atom stereocenters. The summed E-state index contributed by atoms with van der Waals surface area (Å²) in [6, 6.07) is 14.1. The lowest BCUT2D eigenvalue weighted by molar-refractivity contribution is 0.0622. The fourth-order valence-electron chi connectivity index (χ4n) is 3.14. The largest absolute Gasteiger partial charge is 0.335 e. The molecule has 0 N–H and O–H groups in total. The molecule has 1 fully saturated rings. The van der Waals surface area contributed by atoms with Crippen molar-refractivity contribution in [2.24, 2.45) is 0 Å². The number of piperazine rings is 1. The van der Waals surface area contributed by atoms with Crippen LogP contribution in [0.2, 0.25) is 0 Å². The molecule has 4 rings (SSSR count). The maximum Gasteiger partial charge on any atom is 0.272 e. The Morgan fingerprint density at radius 2 is 1.84 bits per heavy atom. The summed E-state index contributed by atoms with van der Waals surface area (Å²) < 4.78 is 1.86. The van der Waals surface area contributed by atoms with Crippen LogP contribution >= 0.6 is 11.3 Å². The second-order valence-corrected chi connectivity index (χ2v) is 7.16. The first-order valence-electron chi connectivity index (χ1n) is 8.43. The molecule has 6 heteroatoms. The van der Waals surface area contributed by atoms with E-state index >= 15 is 0 Å². The number of hydrogen-bond donors (Lipinski definition) is 0. The summed E-state index contributed by atoms with van der Waals surface area (Å²) in [6.07, 6.45) is 3.36. The van der Waals surface area contributed by atoms with Gasteiger partial charge in [-0.2, -0.15) is 0 Å². The van der Waals surface area contributed by atoms with E-state index in [-0.39, 0.29) is 5.91 Å². The molecule has 0 atom stereocenters. The highest BCUT2D eigenvalue weighted by atomic mass is 32.1. The topological polar surface area (TPSA) is 41.4 Å². The molecule has 0 radical (unpaired) electrons. The summed E-state index contributed by atoms with van der Waals surface area (Å²) >= 11 is 1.79. The van der Waals surface area contributed by atoms with E-state index in [1.807, 2.05) is 39.8 Å². The third kappa shape index (κ3) is 3.50. The number of aromatic nitrogens is 2. The van der Waals surface area contributed by atoms with Crippen LogP contribution in [0, 0.1) is 0 Å². The van der Waals surface area contributed by atoms with Crippen LogP contribution in [0.5, 0.6) is 0 Å². The summed E-state index contributed by atoms with van der Waals surface area (Å²) in [5.41, 5.74) is 1.58. The molecule has 1 aliphatic rings. The maximum atomic E-state index is 12.9. The van der Waals surface area contributed by atoms with Gasteiger partial charge in [-0.1, -0.05) is 24.3 Å². The minimum Gasteiger partial charge on any atom is -0.335 e. The highest BCUT2D eigenvalue weighted by Crippen LogP contribution is 2.16. The Morgan fingerprint density at radius 3 is 2.56 bits per heavy atom. The van der Waals surface area contributed by atoms with Crippen LogP contribution in [0.3, 0.4) is 0 Å². The number of rotatable bonds is 4. The number of imidazole rings is 1. The van der Waals surface area contributed by atoms with E-state index in [9.17, 15) is 4.79 Å². The Kier molecular flexibility index (Phi) is 4.63. The van der Waals surface area contributed by atoms with E-state index in [1.54, 1.807) is 23.9 Å². The highest BCUT2D eigenvalue weighted by molar-refractivity contribution is 7.09. The lowest BCUT2D eigenvalue weighted by atomic mass is 10.2. The average Bonchev–Trinajstić information content (AvgIpc) is 3.34. The standard InChI is InChI=1S/C19H20N4OS/c24-19(18-13-20-15-23(18)16-5-2-1-3-6-16)22-10-8-21(9-11-22)14-17-7-4-12-25-17/h1-7,12-13,15H,8-11,14H2. The molecule has 0 bridgehead atoms. The van der Waals surface area contributed by atoms with Crippen LogP contribution in [-0.2, 0) is 6.54 Å². The fourth-order valence-corrected chi connectivity index (χ4v) is 3.89. The average molecular weight is 352 g/mol. The maximum absolute atomic E-state index is 12.9. The van der Waals surface area contributed by atoms with Crippen molar-refractivity contribution in [1.29, 1.82) is 0 Å². The number of nitrogens with zero attached hydrogens (tertiary/aromatic N) is 4. The predicted octanol–water partition coefficient (Wildman–Crippen LogP) is 2.89. The molecule has 3 aromatic rings. The Hall–Kier alpha value is -2.44. The second kappa shape index (κ2) is 7.21. The van der Waals surface area contributed by atoms with Crippen molar-refractivity contribution in [2.45, 2.75) is 6.54 Å². The number of thiophene rings is 1. The third-order valence-corrected chi connectivity index (χ3v) is 5.37. The van der Waals surface area contributed by atoms with E-state index in [4.69, 9.17) is 0 Å². The van der Waals surface area contributed by atoms with Gasteiger partial charge in [0.2, 0.25) is 0 Å². The number of benzene rings is 1. The van der Waals surface area contributed by atoms with Gasteiger partial charge < -0.3 is 4.90 Å². The molecular weight excluding hydrogens is 332 g/mol. The molecular formula is C19H20N4OS. The van der Waals surface area contributed by atoms with E-state index in [2.05, 4.69) is 27.4 Å². The molecule has 0 saturated carbocycles.